The van der Waals surface area contributed by atoms with E-state index in [0.717, 1.165) is 11.1 Å². The minimum Gasteiger partial charge on any atom is -0.435 e. The monoisotopic (exact) mass is 401 g/mol. The van der Waals surface area contributed by atoms with Gasteiger partial charge >= 0.3 is 6.61 Å². The molecule has 2 rings (SSSR count). The second-order valence-corrected chi connectivity index (χ2v) is 7.19. The van der Waals surface area contributed by atoms with Crippen LogP contribution in [0.1, 0.15) is 37.9 Å². The number of nitrogens with zero attached hydrogens (tertiary/aromatic N) is 1. The molecule has 2 N–H and O–H groups in total. The Labute approximate surface area is 169 Å². The highest BCUT2D eigenvalue weighted by atomic mass is 19.3. The molecule has 0 saturated heterocycles. The van der Waals surface area contributed by atoms with Crippen LogP contribution in [0.4, 0.5) is 8.78 Å². The van der Waals surface area contributed by atoms with Gasteiger partial charge in [0, 0.05) is 0 Å². The first-order valence-corrected chi connectivity index (χ1v) is 9.30. The van der Waals surface area contributed by atoms with Crippen LogP contribution in [0.15, 0.2) is 54.6 Å². The van der Waals surface area contributed by atoms with Crippen LogP contribution in [0.5, 0.6) is 5.75 Å². The van der Waals surface area contributed by atoms with E-state index in [1.807, 2.05) is 44.2 Å². The van der Waals surface area contributed by atoms with Gasteiger partial charge in [0.15, 0.2) is 0 Å². The van der Waals surface area contributed by atoms with Gasteiger partial charge in [-0.1, -0.05) is 56.3 Å². The highest BCUT2D eigenvalue weighted by molar-refractivity contribution is 5.79. The van der Waals surface area contributed by atoms with Crippen LogP contribution in [0, 0.1) is 17.2 Å². The lowest BCUT2D eigenvalue weighted by Gasteiger charge is -2.28. The maximum absolute atomic E-state index is 12.4. The first-order chi connectivity index (χ1) is 13.7. The summed E-state index contributed by atoms with van der Waals surface area (Å²) in [5.74, 6) is -0.292. The summed E-state index contributed by atoms with van der Waals surface area (Å²) in [7, 11) is 0. The number of amides is 1. The molecule has 1 amide bonds. The summed E-state index contributed by atoms with van der Waals surface area (Å²) in [5.41, 5.74) is 0.738. The Balaban J connectivity index is 2.16. The number of ether oxygens (including phenoxy) is 1. The Kier molecular flexibility index (Phi) is 7.68. The second kappa shape index (κ2) is 9.99. The molecule has 5 nitrogen and oxygen atoms in total. The highest BCUT2D eigenvalue weighted by Gasteiger charge is 2.30. The molecule has 0 aliphatic carbocycles. The van der Waals surface area contributed by atoms with Crippen molar-refractivity contribution in [3.05, 3.63) is 65.7 Å². The number of nitriles is 1. The van der Waals surface area contributed by atoms with Crippen molar-refractivity contribution in [2.45, 2.75) is 39.0 Å². The number of halogens is 2. The van der Waals surface area contributed by atoms with Gasteiger partial charge in [-0.25, -0.2) is 0 Å². The minimum atomic E-state index is -2.89. The first kappa shape index (κ1) is 22.3. The fourth-order valence-corrected chi connectivity index (χ4v) is 2.75. The summed E-state index contributed by atoms with van der Waals surface area (Å²) >= 11 is 0. The summed E-state index contributed by atoms with van der Waals surface area (Å²) < 4.78 is 29.1. The predicted molar refractivity (Wildman–Crippen MR) is 106 cm³/mol. The maximum atomic E-state index is 12.4. The third-order valence-corrected chi connectivity index (χ3v) is 4.82. The molecule has 0 spiro atoms. The number of nitrogens with one attached hydrogen (secondary N) is 2. The van der Waals surface area contributed by atoms with Gasteiger partial charge in [0.2, 0.25) is 5.91 Å². The maximum Gasteiger partial charge on any atom is 0.387 e. The summed E-state index contributed by atoms with van der Waals surface area (Å²) in [4.78, 5) is 12.4. The topological polar surface area (TPSA) is 74.2 Å². The molecule has 2 aromatic carbocycles. The average Bonchev–Trinajstić information content (AvgIpc) is 2.69. The Morgan fingerprint density at radius 2 is 1.69 bits per heavy atom. The van der Waals surface area contributed by atoms with E-state index in [1.165, 1.54) is 12.1 Å². The average molecular weight is 401 g/mol. The van der Waals surface area contributed by atoms with E-state index in [4.69, 9.17) is 0 Å². The molecule has 0 bridgehead atoms. The van der Waals surface area contributed by atoms with Crippen molar-refractivity contribution >= 4 is 5.91 Å². The van der Waals surface area contributed by atoms with Crippen LogP contribution in [-0.2, 0) is 4.79 Å². The Morgan fingerprint density at radius 3 is 2.21 bits per heavy atom. The van der Waals surface area contributed by atoms with Crippen LogP contribution in [-0.4, -0.2) is 24.6 Å². The van der Waals surface area contributed by atoms with Crippen molar-refractivity contribution in [2.24, 2.45) is 5.92 Å². The van der Waals surface area contributed by atoms with Crippen molar-refractivity contribution in [3.63, 3.8) is 0 Å². The molecule has 2 aromatic rings. The summed E-state index contributed by atoms with van der Waals surface area (Å²) in [5, 5.41) is 15.3. The van der Waals surface area contributed by atoms with Gasteiger partial charge in [-0.15, -0.1) is 0 Å². The van der Waals surface area contributed by atoms with Gasteiger partial charge in [0.1, 0.15) is 11.3 Å². The third-order valence-electron chi connectivity index (χ3n) is 4.82. The standard InChI is InChI=1S/C22H25F2N3O2/c1-15(2)22(3,14-25)27-19(28)13-26-20(16-7-5-4-6-8-16)17-9-11-18(12-10-17)29-21(23)24/h4-12,15,20-21,26H,13H2,1-3H3,(H,27,28)/t20-,22+/m0/s1. The van der Waals surface area contributed by atoms with Gasteiger partial charge in [0.25, 0.3) is 0 Å². The Bertz CT molecular complexity index is 835. The van der Waals surface area contributed by atoms with Crippen LogP contribution in [0.3, 0.4) is 0 Å². The fraction of sp³-hybridized carbons (Fsp3) is 0.364. The van der Waals surface area contributed by atoms with Crippen molar-refractivity contribution in [1.82, 2.24) is 10.6 Å². The lowest BCUT2D eigenvalue weighted by atomic mass is 9.90. The van der Waals surface area contributed by atoms with Crippen molar-refractivity contribution in [1.29, 1.82) is 5.26 Å². The minimum absolute atomic E-state index is 0.0150. The predicted octanol–water partition coefficient (Wildman–Crippen LogP) is 4.02. The molecule has 0 unspecified atom stereocenters. The lowest BCUT2D eigenvalue weighted by molar-refractivity contribution is -0.121. The number of hydrogen-bond acceptors (Lipinski definition) is 4. The van der Waals surface area contributed by atoms with Crippen molar-refractivity contribution in [2.75, 3.05) is 6.54 Å². The van der Waals surface area contributed by atoms with Gasteiger partial charge in [0.05, 0.1) is 18.7 Å². The van der Waals surface area contributed by atoms with E-state index in [9.17, 15) is 18.8 Å². The summed E-state index contributed by atoms with van der Waals surface area (Å²) in [6.45, 7) is 2.52. The molecule has 0 aromatic heterocycles. The lowest BCUT2D eigenvalue weighted by Crippen LogP contribution is -2.51. The SMILES string of the molecule is CC(C)[C@@](C)(C#N)NC(=O)CN[C@@H](c1ccccc1)c1ccc(OC(F)F)cc1. The Morgan fingerprint density at radius 1 is 1.10 bits per heavy atom. The smallest absolute Gasteiger partial charge is 0.387 e. The number of hydrogen-bond donors (Lipinski definition) is 2. The van der Waals surface area contributed by atoms with Crippen LogP contribution < -0.4 is 15.4 Å². The molecule has 0 heterocycles. The molecule has 2 atom stereocenters. The van der Waals surface area contributed by atoms with Gasteiger partial charge in [-0.3, -0.25) is 10.1 Å². The normalized spacial score (nSPS) is 14.1. The summed E-state index contributed by atoms with van der Waals surface area (Å²) in [6, 6.07) is 17.5. The number of alkyl halides is 2. The molecule has 0 aliphatic rings. The number of carbonyl (C=O) groups excluding carboxylic acids is 1. The van der Waals surface area contributed by atoms with Crippen LogP contribution in [0.2, 0.25) is 0 Å². The zero-order chi connectivity index (χ0) is 21.4. The number of rotatable bonds is 9. The molecule has 29 heavy (non-hydrogen) atoms. The molecule has 0 fully saturated rings. The second-order valence-electron chi connectivity index (χ2n) is 7.19. The molecule has 154 valence electrons. The molecule has 0 aliphatic heterocycles. The molecular weight excluding hydrogens is 376 g/mol. The van der Waals surface area contributed by atoms with E-state index in [2.05, 4.69) is 21.4 Å². The third kappa shape index (κ3) is 6.26. The van der Waals surface area contributed by atoms with Crippen LogP contribution >= 0.6 is 0 Å². The van der Waals surface area contributed by atoms with E-state index in [-0.39, 0.29) is 30.2 Å². The summed E-state index contributed by atoms with van der Waals surface area (Å²) in [6.07, 6.45) is 0. The van der Waals surface area contributed by atoms with E-state index in [0.29, 0.717) is 0 Å². The first-order valence-electron chi connectivity index (χ1n) is 9.30. The molecular formula is C22H25F2N3O2. The van der Waals surface area contributed by atoms with Crippen molar-refractivity contribution < 1.29 is 18.3 Å². The zero-order valence-electron chi connectivity index (χ0n) is 16.7. The van der Waals surface area contributed by atoms with Gasteiger partial charge < -0.3 is 10.1 Å². The molecule has 0 radical (unpaired) electrons. The number of carbonyl (C=O) groups is 1. The molecule has 7 heteroatoms. The van der Waals surface area contributed by atoms with Gasteiger partial charge in [-0.05, 0) is 36.1 Å². The van der Waals surface area contributed by atoms with Crippen LogP contribution in [0.25, 0.3) is 0 Å². The molecule has 0 saturated carbocycles. The van der Waals surface area contributed by atoms with E-state index in [1.54, 1.807) is 19.1 Å². The van der Waals surface area contributed by atoms with E-state index < -0.39 is 12.2 Å². The number of benzene rings is 2. The van der Waals surface area contributed by atoms with Crippen molar-refractivity contribution in [3.8, 4) is 11.8 Å². The van der Waals surface area contributed by atoms with Gasteiger partial charge in [-0.2, -0.15) is 14.0 Å². The fourth-order valence-electron chi connectivity index (χ4n) is 2.75. The largest absolute Gasteiger partial charge is 0.435 e. The van der Waals surface area contributed by atoms with E-state index >= 15 is 0 Å². The zero-order valence-corrected chi connectivity index (χ0v) is 16.7. The Hall–Kier alpha value is -2.98. The highest BCUT2D eigenvalue weighted by Crippen LogP contribution is 2.25. The quantitative estimate of drug-likeness (QED) is 0.666.